The quantitative estimate of drug-likeness (QED) is 0.314. The normalized spacial score (nSPS) is 38.1. The van der Waals surface area contributed by atoms with Crippen LogP contribution in [0.25, 0.3) is 0 Å². The second-order valence-corrected chi connectivity index (χ2v) is 8.03. The van der Waals surface area contributed by atoms with Crippen molar-refractivity contribution < 1.29 is 43.5 Å². The van der Waals surface area contributed by atoms with Gasteiger partial charge in [0.2, 0.25) is 5.72 Å². The topological polar surface area (TPSA) is 153 Å². The molecule has 0 aromatic heterocycles. The van der Waals surface area contributed by atoms with Gasteiger partial charge in [-0.15, -0.1) is 0 Å². The zero-order chi connectivity index (χ0) is 22.4. The third-order valence-corrected chi connectivity index (χ3v) is 5.31. The van der Waals surface area contributed by atoms with Crippen molar-refractivity contribution in [2.75, 3.05) is 20.3 Å². The van der Waals surface area contributed by atoms with Crippen molar-refractivity contribution in [2.45, 2.75) is 56.1 Å². The highest BCUT2D eigenvalue weighted by molar-refractivity contribution is 6.03. The van der Waals surface area contributed by atoms with Gasteiger partial charge in [-0.1, -0.05) is 12.2 Å². The van der Waals surface area contributed by atoms with E-state index in [1.165, 1.54) is 26.2 Å². The number of esters is 1. The lowest BCUT2D eigenvalue weighted by atomic mass is 9.84. The number of allylic oxidation sites excluding steroid dienone is 2. The van der Waals surface area contributed by atoms with Gasteiger partial charge in [0.25, 0.3) is 17.5 Å². The number of hydrogen-bond donors (Lipinski definition) is 4. The largest absolute Gasteiger partial charge is 0.466 e. The third-order valence-electron chi connectivity index (χ3n) is 5.31. The van der Waals surface area contributed by atoms with Gasteiger partial charge in [0.05, 0.1) is 20.3 Å². The second-order valence-electron chi connectivity index (χ2n) is 8.03. The number of piperazine rings is 1. The van der Waals surface area contributed by atoms with E-state index in [0.717, 1.165) is 6.08 Å². The molecule has 11 nitrogen and oxygen atoms in total. The van der Waals surface area contributed by atoms with Gasteiger partial charge in [-0.25, -0.2) is 4.79 Å². The summed E-state index contributed by atoms with van der Waals surface area (Å²) in [6.07, 6.45) is 2.07. The molecule has 30 heavy (non-hydrogen) atoms. The summed E-state index contributed by atoms with van der Waals surface area (Å²) in [7, 11) is 1.21. The fraction of sp³-hybridized carbons (Fsp3) is 0.632. The maximum atomic E-state index is 13.0. The van der Waals surface area contributed by atoms with Crippen LogP contribution in [0.5, 0.6) is 0 Å². The molecule has 2 amide bonds. The molecule has 166 valence electrons. The van der Waals surface area contributed by atoms with Crippen molar-refractivity contribution in [2.24, 2.45) is 0 Å². The summed E-state index contributed by atoms with van der Waals surface area (Å²) in [5.74, 6) is -3.59. The number of carbonyl (C=O) groups is 3. The number of amides is 2. The molecule has 4 aliphatic heterocycles. The van der Waals surface area contributed by atoms with Crippen LogP contribution < -0.4 is 10.6 Å². The Balaban J connectivity index is 1.92. The fourth-order valence-corrected chi connectivity index (χ4v) is 3.75. The van der Waals surface area contributed by atoms with Gasteiger partial charge in [0, 0.05) is 6.08 Å². The van der Waals surface area contributed by atoms with E-state index in [1.807, 2.05) is 0 Å². The van der Waals surface area contributed by atoms with Crippen molar-refractivity contribution in [1.82, 2.24) is 10.6 Å². The smallest absolute Gasteiger partial charge is 0.330 e. The summed E-state index contributed by atoms with van der Waals surface area (Å²) >= 11 is 0. The first-order chi connectivity index (χ1) is 13.9. The SMILES string of the molecule is COC(=O)/C=C/C=C1\CCO[C@]2([C@H](O)[C@]3(C)COC(C)(C)O3)NC(=O)[C@@]1(O)NC2=O. The van der Waals surface area contributed by atoms with Crippen molar-refractivity contribution in [3.8, 4) is 0 Å². The lowest BCUT2D eigenvalue weighted by Crippen LogP contribution is -2.82. The number of carbonyl (C=O) groups excluding carboxylic acids is 3. The number of fused-ring (bicyclic) bond motifs is 5. The van der Waals surface area contributed by atoms with Gasteiger partial charge >= 0.3 is 5.97 Å². The highest BCUT2D eigenvalue weighted by atomic mass is 16.8. The average molecular weight is 426 g/mol. The minimum absolute atomic E-state index is 0.0315. The van der Waals surface area contributed by atoms with Crippen LogP contribution in [0.2, 0.25) is 0 Å². The maximum Gasteiger partial charge on any atom is 0.330 e. The standard InChI is InChI=1S/C19H26N2O9/c1-16(2)29-10-17(3,30-16)13(23)19-15(25)20-18(26,14(24)21-19)11(8-9-28-19)6-5-7-12(22)27-4/h5-7,13,23,26H,8-10H2,1-4H3,(H,20,25)(H,21,24)/b7-5+,11-6+/t13-,17+,18-,19+/m1/s1. The molecule has 0 aliphatic carbocycles. The molecule has 2 bridgehead atoms. The molecule has 4 atom stereocenters. The number of rotatable bonds is 4. The van der Waals surface area contributed by atoms with Crippen LogP contribution in [0.4, 0.5) is 0 Å². The summed E-state index contributed by atoms with van der Waals surface area (Å²) in [5.41, 5.74) is -5.85. The molecule has 0 aromatic carbocycles. The lowest BCUT2D eigenvalue weighted by molar-refractivity contribution is -0.240. The molecule has 11 heteroatoms. The Morgan fingerprint density at radius 3 is 2.50 bits per heavy atom. The minimum Gasteiger partial charge on any atom is -0.466 e. The van der Waals surface area contributed by atoms with E-state index < -0.39 is 46.7 Å². The zero-order valence-corrected chi connectivity index (χ0v) is 17.2. The van der Waals surface area contributed by atoms with E-state index in [0.29, 0.717) is 0 Å². The predicted octanol–water partition coefficient (Wildman–Crippen LogP) is -1.40. The van der Waals surface area contributed by atoms with Crippen molar-refractivity contribution in [3.05, 3.63) is 23.8 Å². The van der Waals surface area contributed by atoms with Gasteiger partial charge in [-0.2, -0.15) is 0 Å². The summed E-state index contributed by atoms with van der Waals surface area (Å²) < 4.78 is 21.4. The Hall–Kier alpha value is -2.31. The molecule has 0 radical (unpaired) electrons. The summed E-state index contributed by atoms with van der Waals surface area (Å²) in [4.78, 5) is 37.0. The monoisotopic (exact) mass is 426 g/mol. The Labute approximate surface area is 173 Å². The number of aliphatic hydroxyl groups is 2. The molecule has 4 N–H and O–H groups in total. The number of aliphatic hydroxyl groups excluding tert-OH is 1. The first kappa shape index (κ1) is 22.4. The van der Waals surface area contributed by atoms with Gasteiger partial charge in [0.15, 0.2) is 5.79 Å². The number of hydrogen-bond acceptors (Lipinski definition) is 9. The number of nitrogens with one attached hydrogen (secondary N) is 2. The Morgan fingerprint density at radius 1 is 1.20 bits per heavy atom. The van der Waals surface area contributed by atoms with Crippen molar-refractivity contribution in [1.29, 1.82) is 0 Å². The fourth-order valence-electron chi connectivity index (χ4n) is 3.75. The molecule has 0 aromatic rings. The van der Waals surface area contributed by atoms with E-state index >= 15 is 0 Å². The molecule has 4 heterocycles. The number of methoxy groups -OCH3 is 1. The molecule has 0 unspecified atom stereocenters. The van der Waals surface area contributed by atoms with Gasteiger partial charge in [0.1, 0.15) is 11.7 Å². The average Bonchev–Trinajstić information content (AvgIpc) is 2.96. The zero-order valence-electron chi connectivity index (χ0n) is 17.2. The van der Waals surface area contributed by atoms with Crippen LogP contribution in [0, 0.1) is 0 Å². The van der Waals surface area contributed by atoms with Crippen molar-refractivity contribution >= 4 is 17.8 Å². The molecule has 4 saturated heterocycles. The maximum absolute atomic E-state index is 13.0. The van der Waals surface area contributed by atoms with Gasteiger partial charge in [-0.05, 0) is 32.8 Å². The second kappa shape index (κ2) is 7.43. The third kappa shape index (κ3) is 3.63. The Kier molecular flexibility index (Phi) is 5.54. The molecule has 4 rings (SSSR count). The molecule has 0 saturated carbocycles. The Morgan fingerprint density at radius 2 is 1.90 bits per heavy atom. The van der Waals surface area contributed by atoms with Gasteiger partial charge in [-0.3, -0.25) is 9.59 Å². The lowest BCUT2D eigenvalue weighted by Gasteiger charge is -2.50. The molecule has 4 aliphatic rings. The summed E-state index contributed by atoms with van der Waals surface area (Å²) in [5, 5.41) is 26.5. The summed E-state index contributed by atoms with van der Waals surface area (Å²) in [6.45, 7) is 4.67. The van der Waals surface area contributed by atoms with Crippen molar-refractivity contribution in [3.63, 3.8) is 0 Å². The first-order valence-electron chi connectivity index (χ1n) is 9.38. The predicted molar refractivity (Wildman–Crippen MR) is 99.3 cm³/mol. The van der Waals surface area contributed by atoms with E-state index in [2.05, 4.69) is 15.4 Å². The van der Waals surface area contributed by atoms with E-state index in [4.69, 9.17) is 14.2 Å². The van der Waals surface area contributed by atoms with Crippen LogP contribution in [-0.4, -0.2) is 77.3 Å². The molecular formula is C19H26N2O9. The molecule has 0 spiro atoms. The highest BCUT2D eigenvalue weighted by Crippen LogP contribution is 2.40. The summed E-state index contributed by atoms with van der Waals surface area (Å²) in [6, 6.07) is 0. The van der Waals surface area contributed by atoms with Crippen LogP contribution in [0.3, 0.4) is 0 Å². The van der Waals surface area contributed by atoms with Gasteiger partial charge < -0.3 is 39.8 Å². The molecule has 4 fully saturated rings. The highest BCUT2D eigenvalue weighted by Gasteiger charge is 2.65. The van der Waals surface area contributed by atoms with Crippen LogP contribution in [0.15, 0.2) is 23.8 Å². The van der Waals surface area contributed by atoms with Crippen LogP contribution in [-0.2, 0) is 33.3 Å². The first-order valence-corrected chi connectivity index (χ1v) is 9.38. The minimum atomic E-state index is -2.38. The van der Waals surface area contributed by atoms with E-state index in [9.17, 15) is 24.6 Å². The number of ether oxygens (including phenoxy) is 4. The van der Waals surface area contributed by atoms with E-state index in [-0.39, 0.29) is 25.2 Å². The van der Waals surface area contributed by atoms with Crippen LogP contribution in [0.1, 0.15) is 27.2 Å². The molecular weight excluding hydrogens is 400 g/mol. The Bertz CT molecular complexity index is 823. The van der Waals surface area contributed by atoms with E-state index in [1.54, 1.807) is 13.8 Å². The van der Waals surface area contributed by atoms with Crippen LogP contribution >= 0.6 is 0 Å².